The van der Waals surface area contributed by atoms with Gasteiger partial charge < -0.3 is 14.5 Å². The van der Waals surface area contributed by atoms with E-state index in [1.54, 1.807) is 11.0 Å². The zero-order valence-electron chi connectivity index (χ0n) is 19.9. The van der Waals surface area contributed by atoms with Gasteiger partial charge in [0.1, 0.15) is 5.75 Å². The van der Waals surface area contributed by atoms with Gasteiger partial charge in [-0.2, -0.15) is 4.98 Å². The maximum absolute atomic E-state index is 13.9. The molecule has 3 aromatic rings. The van der Waals surface area contributed by atoms with Crippen LogP contribution in [0, 0.1) is 24.5 Å². The van der Waals surface area contributed by atoms with Crippen molar-refractivity contribution in [3.05, 3.63) is 76.5 Å². The predicted molar refractivity (Wildman–Crippen MR) is 129 cm³/mol. The molecule has 0 spiro atoms. The van der Waals surface area contributed by atoms with Gasteiger partial charge in [-0.3, -0.25) is 4.79 Å². The van der Waals surface area contributed by atoms with Crippen LogP contribution in [0.25, 0.3) is 0 Å². The standard InChI is InChI=1S/C27H28F2N4O2/c1-17-8-11-32(12-9-17)27-30-24-10-13-33(26(34)19-5-3-4-18(2)14-19)16-21(24)25(31-27)35-20-6-7-22(28)23(29)15-20/h3-7,14-15,17H,8-13,16H2,1-2H3. The van der Waals surface area contributed by atoms with Gasteiger partial charge in [-0.25, -0.2) is 13.8 Å². The average Bonchev–Trinajstić information content (AvgIpc) is 2.86. The van der Waals surface area contributed by atoms with Gasteiger partial charge in [-0.15, -0.1) is 0 Å². The van der Waals surface area contributed by atoms with Crippen LogP contribution in [0.3, 0.4) is 0 Å². The molecule has 6 nitrogen and oxygen atoms in total. The molecule has 0 saturated carbocycles. The Labute approximate surface area is 203 Å². The third-order valence-electron chi connectivity index (χ3n) is 6.73. The predicted octanol–water partition coefficient (Wildman–Crippen LogP) is 5.29. The minimum absolute atomic E-state index is 0.0766. The number of carbonyl (C=O) groups excluding carboxylic acids is 1. The first-order chi connectivity index (χ1) is 16.9. The van der Waals surface area contributed by atoms with Gasteiger partial charge in [-0.05, 0) is 49.9 Å². The summed E-state index contributed by atoms with van der Waals surface area (Å²) in [4.78, 5) is 26.6. The van der Waals surface area contributed by atoms with Gasteiger partial charge >= 0.3 is 0 Å². The third-order valence-corrected chi connectivity index (χ3v) is 6.73. The highest BCUT2D eigenvalue weighted by molar-refractivity contribution is 5.94. The van der Waals surface area contributed by atoms with Crippen molar-refractivity contribution in [1.29, 1.82) is 0 Å². The van der Waals surface area contributed by atoms with E-state index in [1.165, 1.54) is 6.07 Å². The number of rotatable bonds is 4. The monoisotopic (exact) mass is 478 g/mol. The summed E-state index contributed by atoms with van der Waals surface area (Å²) in [6.45, 7) is 6.69. The molecule has 0 radical (unpaired) electrons. The highest BCUT2D eigenvalue weighted by Gasteiger charge is 2.29. The summed E-state index contributed by atoms with van der Waals surface area (Å²) in [5.41, 5.74) is 3.14. The second-order valence-electron chi connectivity index (χ2n) is 9.45. The first-order valence-corrected chi connectivity index (χ1v) is 12.0. The largest absolute Gasteiger partial charge is 0.438 e. The molecule has 1 fully saturated rings. The van der Waals surface area contributed by atoms with Crippen molar-refractivity contribution in [2.24, 2.45) is 5.92 Å². The number of nitrogens with zero attached hydrogens (tertiary/aromatic N) is 4. The molecule has 0 N–H and O–H groups in total. The summed E-state index contributed by atoms with van der Waals surface area (Å²) in [5.74, 6) is -0.365. The molecule has 1 amide bonds. The molecule has 8 heteroatoms. The number of piperidine rings is 1. The Bertz CT molecular complexity index is 1260. The normalized spacial score (nSPS) is 16.2. The minimum Gasteiger partial charge on any atom is -0.438 e. The molecule has 0 atom stereocenters. The van der Waals surface area contributed by atoms with Crippen molar-refractivity contribution < 1.29 is 18.3 Å². The maximum Gasteiger partial charge on any atom is 0.254 e. The Morgan fingerprint density at radius 3 is 2.57 bits per heavy atom. The first-order valence-electron chi connectivity index (χ1n) is 12.0. The van der Waals surface area contributed by atoms with Crippen LogP contribution >= 0.6 is 0 Å². The van der Waals surface area contributed by atoms with Crippen molar-refractivity contribution in [3.63, 3.8) is 0 Å². The van der Waals surface area contributed by atoms with E-state index in [1.807, 2.05) is 25.1 Å². The summed E-state index contributed by atoms with van der Waals surface area (Å²) in [7, 11) is 0. The van der Waals surface area contributed by atoms with Crippen LogP contribution in [-0.4, -0.2) is 40.4 Å². The summed E-state index contributed by atoms with van der Waals surface area (Å²) < 4.78 is 33.3. The number of amides is 1. The lowest BCUT2D eigenvalue weighted by Crippen LogP contribution is -2.38. The van der Waals surface area contributed by atoms with Crippen LogP contribution in [-0.2, 0) is 13.0 Å². The van der Waals surface area contributed by atoms with Gasteiger partial charge in [0, 0.05) is 37.7 Å². The van der Waals surface area contributed by atoms with Crippen molar-refractivity contribution in [3.8, 4) is 11.6 Å². The molecule has 0 aliphatic carbocycles. The molecule has 2 aliphatic heterocycles. The van der Waals surface area contributed by atoms with Crippen LogP contribution in [0.2, 0.25) is 0 Å². The Morgan fingerprint density at radius 2 is 1.83 bits per heavy atom. The van der Waals surface area contributed by atoms with Gasteiger partial charge in [0.25, 0.3) is 5.91 Å². The Balaban J connectivity index is 1.48. The van der Waals surface area contributed by atoms with E-state index in [9.17, 15) is 13.6 Å². The molecule has 3 heterocycles. The Kier molecular flexibility index (Phi) is 6.36. The van der Waals surface area contributed by atoms with E-state index in [0.29, 0.717) is 36.0 Å². The number of hydrogen-bond acceptors (Lipinski definition) is 5. The fraction of sp³-hybridized carbons (Fsp3) is 0.370. The molecule has 35 heavy (non-hydrogen) atoms. The fourth-order valence-electron chi connectivity index (χ4n) is 4.59. The number of ether oxygens (including phenoxy) is 1. The van der Waals surface area contributed by atoms with Gasteiger partial charge in [-0.1, -0.05) is 24.6 Å². The molecule has 5 rings (SSSR count). The van der Waals surface area contributed by atoms with Gasteiger partial charge in [0.2, 0.25) is 11.8 Å². The number of aromatic nitrogens is 2. The van der Waals surface area contributed by atoms with Crippen LogP contribution in [0.15, 0.2) is 42.5 Å². The van der Waals surface area contributed by atoms with Crippen LogP contribution < -0.4 is 9.64 Å². The lowest BCUT2D eigenvalue weighted by Gasteiger charge is -2.33. The van der Waals surface area contributed by atoms with Gasteiger partial charge in [0.05, 0.1) is 17.8 Å². The summed E-state index contributed by atoms with van der Waals surface area (Å²) >= 11 is 0. The molecule has 2 aromatic carbocycles. The second-order valence-corrected chi connectivity index (χ2v) is 9.45. The number of benzene rings is 2. The summed E-state index contributed by atoms with van der Waals surface area (Å²) in [6.07, 6.45) is 2.66. The van der Waals surface area contributed by atoms with Crippen LogP contribution in [0.5, 0.6) is 11.6 Å². The number of anilines is 1. The van der Waals surface area contributed by atoms with E-state index in [-0.39, 0.29) is 24.1 Å². The van der Waals surface area contributed by atoms with E-state index in [0.717, 1.165) is 49.3 Å². The zero-order valence-corrected chi connectivity index (χ0v) is 19.9. The Hall–Kier alpha value is -3.55. The molecule has 2 aliphatic rings. The van der Waals surface area contributed by atoms with Crippen molar-refractivity contribution >= 4 is 11.9 Å². The topological polar surface area (TPSA) is 58.6 Å². The number of hydrogen-bond donors (Lipinski definition) is 0. The van der Waals surface area contributed by atoms with Crippen molar-refractivity contribution in [1.82, 2.24) is 14.9 Å². The minimum atomic E-state index is -0.994. The van der Waals surface area contributed by atoms with E-state index >= 15 is 0 Å². The zero-order chi connectivity index (χ0) is 24.5. The quantitative estimate of drug-likeness (QED) is 0.510. The average molecular weight is 479 g/mol. The molecular weight excluding hydrogens is 450 g/mol. The lowest BCUT2D eigenvalue weighted by molar-refractivity contribution is 0.0732. The van der Waals surface area contributed by atoms with E-state index in [4.69, 9.17) is 14.7 Å². The fourth-order valence-corrected chi connectivity index (χ4v) is 4.59. The molecule has 1 saturated heterocycles. The molecule has 1 aromatic heterocycles. The van der Waals surface area contributed by atoms with Crippen molar-refractivity contribution in [2.45, 2.75) is 39.7 Å². The third kappa shape index (κ3) is 4.97. The molecule has 182 valence electrons. The molecule has 0 unspecified atom stereocenters. The van der Waals surface area contributed by atoms with Crippen LogP contribution in [0.4, 0.5) is 14.7 Å². The van der Waals surface area contributed by atoms with E-state index in [2.05, 4.69) is 11.8 Å². The molecular formula is C27H28F2N4O2. The highest BCUT2D eigenvalue weighted by atomic mass is 19.2. The van der Waals surface area contributed by atoms with Crippen LogP contribution in [0.1, 0.15) is 46.9 Å². The number of fused-ring (bicyclic) bond motifs is 1. The highest BCUT2D eigenvalue weighted by Crippen LogP contribution is 2.33. The summed E-state index contributed by atoms with van der Waals surface area (Å²) in [5, 5.41) is 0. The van der Waals surface area contributed by atoms with E-state index < -0.39 is 11.6 Å². The second kappa shape index (κ2) is 9.60. The number of carbonyl (C=O) groups is 1. The number of halogens is 2. The lowest BCUT2D eigenvalue weighted by atomic mass is 9.99. The van der Waals surface area contributed by atoms with Crippen molar-refractivity contribution in [2.75, 3.05) is 24.5 Å². The summed E-state index contributed by atoms with van der Waals surface area (Å²) in [6, 6.07) is 10.9. The Morgan fingerprint density at radius 1 is 1.03 bits per heavy atom. The first kappa shape index (κ1) is 23.2. The maximum atomic E-state index is 13.9. The SMILES string of the molecule is Cc1cccc(C(=O)N2CCc3nc(N4CCC(C)CC4)nc(Oc4ccc(F)c(F)c4)c3C2)c1. The molecule has 0 bridgehead atoms. The van der Waals surface area contributed by atoms with Gasteiger partial charge in [0.15, 0.2) is 11.6 Å². The smallest absolute Gasteiger partial charge is 0.254 e. The number of aryl methyl sites for hydroxylation is 1.